The summed E-state index contributed by atoms with van der Waals surface area (Å²) in [5.41, 5.74) is 12.0. The van der Waals surface area contributed by atoms with Crippen molar-refractivity contribution in [1.29, 1.82) is 0 Å². The molecule has 1 aliphatic heterocycles. The van der Waals surface area contributed by atoms with Crippen LogP contribution in [-0.2, 0) is 9.53 Å². The zero-order valence-corrected chi connectivity index (χ0v) is 14.3. The topological polar surface area (TPSA) is 135 Å². The van der Waals surface area contributed by atoms with E-state index in [-0.39, 0.29) is 0 Å². The number of carbonyl (C=O) groups excluding carboxylic acids is 1. The number of aliphatic hydroxyl groups excluding tert-OH is 3. The van der Waals surface area contributed by atoms with E-state index in [9.17, 15) is 20.1 Å². The van der Waals surface area contributed by atoms with Gasteiger partial charge in [-0.3, -0.25) is 15.6 Å². The molecule has 0 radical (unpaired) electrons. The Morgan fingerprint density at radius 2 is 1.33 bits per heavy atom. The van der Waals surface area contributed by atoms with E-state index in [1.165, 1.54) is 0 Å². The van der Waals surface area contributed by atoms with E-state index in [0.717, 1.165) is 0 Å². The molecule has 9 nitrogen and oxygen atoms in total. The first-order valence-corrected chi connectivity index (χ1v) is 8.43. The number of aliphatic hydroxyl groups is 3. The molecule has 2 aromatic rings. The molecule has 5 atom stereocenters. The zero-order valence-electron chi connectivity index (χ0n) is 14.3. The molecule has 0 bridgehead atoms. The molecule has 27 heavy (non-hydrogen) atoms. The molecule has 1 heterocycles. The van der Waals surface area contributed by atoms with E-state index in [1.54, 1.807) is 36.4 Å². The lowest BCUT2D eigenvalue weighted by Crippen LogP contribution is -2.65. The minimum absolute atomic E-state index is 0.636. The highest BCUT2D eigenvalue weighted by Crippen LogP contribution is 2.20. The summed E-state index contributed by atoms with van der Waals surface area (Å²) in [6.45, 7) is 0. The Kier molecular flexibility index (Phi) is 6.22. The average Bonchev–Trinajstić information content (AvgIpc) is 2.71. The molecule has 0 aliphatic carbocycles. The van der Waals surface area contributed by atoms with Gasteiger partial charge in [-0.1, -0.05) is 36.4 Å². The maximum absolute atomic E-state index is 12.4. The third kappa shape index (κ3) is 4.73. The molecule has 0 saturated carbocycles. The Morgan fingerprint density at radius 3 is 1.93 bits per heavy atom. The van der Waals surface area contributed by atoms with Crippen molar-refractivity contribution in [1.82, 2.24) is 10.9 Å². The molecular weight excluding hydrogens is 352 g/mol. The number of ether oxygens (including phenoxy) is 1. The second-order valence-corrected chi connectivity index (χ2v) is 6.06. The predicted molar refractivity (Wildman–Crippen MR) is 98.1 cm³/mol. The van der Waals surface area contributed by atoms with Crippen molar-refractivity contribution in [3.63, 3.8) is 0 Å². The maximum atomic E-state index is 12.4. The van der Waals surface area contributed by atoms with Crippen molar-refractivity contribution in [3.8, 4) is 0 Å². The lowest BCUT2D eigenvalue weighted by atomic mass is 9.98. The van der Waals surface area contributed by atoms with Gasteiger partial charge in [-0.25, -0.2) is 5.43 Å². The van der Waals surface area contributed by atoms with Crippen molar-refractivity contribution >= 4 is 17.3 Å². The van der Waals surface area contributed by atoms with Gasteiger partial charge in [0.2, 0.25) is 0 Å². The number of benzene rings is 2. The fourth-order valence-electron chi connectivity index (χ4n) is 2.62. The second-order valence-electron chi connectivity index (χ2n) is 6.06. The van der Waals surface area contributed by atoms with Crippen molar-refractivity contribution < 1.29 is 24.9 Å². The Hall–Kier alpha value is -2.69. The van der Waals surface area contributed by atoms with Crippen LogP contribution in [0.15, 0.2) is 60.7 Å². The monoisotopic (exact) mass is 374 g/mol. The van der Waals surface area contributed by atoms with E-state index in [4.69, 9.17) is 4.74 Å². The molecule has 0 unspecified atom stereocenters. The first-order valence-electron chi connectivity index (χ1n) is 8.43. The summed E-state index contributed by atoms with van der Waals surface area (Å²) in [6.07, 6.45) is -7.12. The minimum Gasteiger partial charge on any atom is -0.387 e. The van der Waals surface area contributed by atoms with Crippen LogP contribution in [0.5, 0.6) is 0 Å². The van der Waals surface area contributed by atoms with E-state index >= 15 is 0 Å². The van der Waals surface area contributed by atoms with Crippen LogP contribution in [0.25, 0.3) is 0 Å². The molecule has 1 amide bonds. The number of carbonyl (C=O) groups is 1. The Balaban J connectivity index is 1.60. The highest BCUT2D eigenvalue weighted by atomic mass is 16.6. The van der Waals surface area contributed by atoms with Crippen LogP contribution >= 0.6 is 0 Å². The highest BCUT2D eigenvalue weighted by Gasteiger charge is 2.46. The van der Waals surface area contributed by atoms with Crippen LogP contribution < -0.4 is 21.7 Å². The second kappa shape index (κ2) is 8.80. The lowest BCUT2D eigenvalue weighted by Gasteiger charge is -2.40. The summed E-state index contributed by atoms with van der Waals surface area (Å²) in [5, 5.41) is 30.3. The van der Waals surface area contributed by atoms with Gasteiger partial charge in [-0.2, -0.15) is 0 Å². The number of rotatable bonds is 6. The summed E-state index contributed by atoms with van der Waals surface area (Å²) < 4.78 is 5.47. The summed E-state index contributed by atoms with van der Waals surface area (Å²) in [5.74, 6) is -0.691. The Bertz CT molecular complexity index is 733. The van der Waals surface area contributed by atoms with Gasteiger partial charge < -0.3 is 25.5 Å². The minimum atomic E-state index is -1.59. The SMILES string of the molecule is O=C(NNc1ccccc1)[C@@H]1O[C@H](NNc2ccccc2)[C@H](O)[C@@H](O)[C@@H]1O. The number of hydrogen-bond acceptors (Lipinski definition) is 8. The van der Waals surface area contributed by atoms with E-state index in [2.05, 4.69) is 21.7 Å². The summed E-state index contributed by atoms with van der Waals surface area (Å²) >= 11 is 0. The van der Waals surface area contributed by atoms with Crippen molar-refractivity contribution in [2.75, 3.05) is 10.9 Å². The smallest absolute Gasteiger partial charge is 0.270 e. The van der Waals surface area contributed by atoms with Crippen LogP contribution in [0.4, 0.5) is 11.4 Å². The van der Waals surface area contributed by atoms with Gasteiger partial charge in [0.15, 0.2) is 12.3 Å². The molecular formula is C18H22N4O5. The number of hydrogen-bond donors (Lipinski definition) is 7. The van der Waals surface area contributed by atoms with E-state index in [1.807, 2.05) is 24.3 Å². The lowest BCUT2D eigenvalue weighted by molar-refractivity contribution is -0.225. The fraction of sp³-hybridized carbons (Fsp3) is 0.278. The maximum Gasteiger partial charge on any atom is 0.270 e. The molecule has 7 N–H and O–H groups in total. The quantitative estimate of drug-likeness (QED) is 0.338. The van der Waals surface area contributed by atoms with Gasteiger partial charge in [0.1, 0.15) is 18.3 Å². The molecule has 2 aromatic carbocycles. The number of amides is 1. The van der Waals surface area contributed by atoms with Crippen molar-refractivity contribution in [2.45, 2.75) is 30.6 Å². The van der Waals surface area contributed by atoms with Gasteiger partial charge in [-0.15, -0.1) is 0 Å². The third-order valence-corrected chi connectivity index (χ3v) is 4.11. The van der Waals surface area contributed by atoms with Crippen LogP contribution in [0.3, 0.4) is 0 Å². The number of nitrogens with one attached hydrogen (secondary N) is 4. The molecule has 1 aliphatic rings. The van der Waals surface area contributed by atoms with E-state index < -0.39 is 36.6 Å². The fourth-order valence-corrected chi connectivity index (χ4v) is 2.62. The van der Waals surface area contributed by atoms with Crippen LogP contribution in [0, 0.1) is 0 Å². The Morgan fingerprint density at radius 1 is 0.778 bits per heavy atom. The van der Waals surface area contributed by atoms with Gasteiger partial charge in [0.25, 0.3) is 5.91 Å². The average molecular weight is 374 g/mol. The number of hydrazine groups is 2. The zero-order chi connectivity index (χ0) is 19.2. The molecule has 144 valence electrons. The van der Waals surface area contributed by atoms with Gasteiger partial charge in [0, 0.05) is 5.69 Å². The first-order chi connectivity index (χ1) is 13.1. The molecule has 9 heteroatoms. The molecule has 3 rings (SSSR count). The summed E-state index contributed by atoms with van der Waals surface area (Å²) in [6, 6.07) is 17.9. The predicted octanol–water partition coefficient (Wildman–Crippen LogP) is -0.446. The molecule has 1 fully saturated rings. The molecule has 0 spiro atoms. The van der Waals surface area contributed by atoms with Crippen LogP contribution in [-0.4, -0.2) is 51.9 Å². The molecule has 1 saturated heterocycles. The highest BCUT2D eigenvalue weighted by molar-refractivity contribution is 5.82. The third-order valence-electron chi connectivity index (χ3n) is 4.11. The molecule has 0 aromatic heterocycles. The summed E-state index contributed by atoms with van der Waals surface area (Å²) in [7, 11) is 0. The number of anilines is 2. The summed E-state index contributed by atoms with van der Waals surface area (Å²) in [4.78, 5) is 12.4. The van der Waals surface area contributed by atoms with Crippen molar-refractivity contribution in [3.05, 3.63) is 60.7 Å². The van der Waals surface area contributed by atoms with Crippen LogP contribution in [0.2, 0.25) is 0 Å². The largest absolute Gasteiger partial charge is 0.387 e. The van der Waals surface area contributed by atoms with Gasteiger partial charge >= 0.3 is 0 Å². The van der Waals surface area contributed by atoms with Gasteiger partial charge in [0.05, 0.1) is 5.69 Å². The Labute approximate surface area is 155 Å². The van der Waals surface area contributed by atoms with Crippen LogP contribution in [0.1, 0.15) is 0 Å². The van der Waals surface area contributed by atoms with Gasteiger partial charge in [-0.05, 0) is 24.3 Å². The normalized spacial score (nSPS) is 27.6. The first kappa shape index (κ1) is 19.1. The van der Waals surface area contributed by atoms with Crippen molar-refractivity contribution in [2.24, 2.45) is 0 Å². The standard InChI is InChI=1S/C18H22N4O5/c23-13-14(24)16(17(26)21-19-11-7-3-1-4-8-11)27-18(15(13)25)22-20-12-9-5-2-6-10-12/h1-10,13-16,18-20,22-25H,(H,21,26)/t13-,14-,15+,16+,18-/m0/s1. The van der Waals surface area contributed by atoms with E-state index in [0.29, 0.717) is 11.4 Å². The number of para-hydroxylation sites is 2.